The Labute approximate surface area is 212 Å². The molecule has 0 nitrogen and oxygen atoms in total. The lowest BCUT2D eigenvalue weighted by Crippen LogP contribution is -2.28. The Balaban J connectivity index is 4.36. The second-order valence-corrected chi connectivity index (χ2v) is 12.4. The van der Waals surface area contributed by atoms with Gasteiger partial charge in [-0.05, 0) is 41.9 Å². The summed E-state index contributed by atoms with van der Waals surface area (Å²) in [7, 11) is 0. The largest absolute Gasteiger partial charge is 0.0654 e. The molecule has 0 bridgehead atoms. The van der Waals surface area contributed by atoms with Crippen LogP contribution in [-0.2, 0) is 0 Å². The van der Waals surface area contributed by atoms with Gasteiger partial charge in [0, 0.05) is 0 Å². The monoisotopic (exact) mass is 465 g/mol. The summed E-state index contributed by atoms with van der Waals surface area (Å²) in [6, 6.07) is 0. The molecular weight excluding hydrogens is 396 g/mol. The molecule has 0 saturated heterocycles. The molecule has 200 valence electrons. The molecule has 5 unspecified atom stereocenters. The van der Waals surface area contributed by atoms with E-state index in [4.69, 9.17) is 0 Å². The summed E-state index contributed by atoms with van der Waals surface area (Å²) in [5.41, 5.74) is 0.570. The molecule has 0 spiro atoms. The lowest BCUT2D eigenvalue weighted by Gasteiger charge is -2.39. The first-order valence-corrected chi connectivity index (χ1v) is 15.8. The van der Waals surface area contributed by atoms with E-state index >= 15 is 0 Å². The summed E-state index contributed by atoms with van der Waals surface area (Å²) in [4.78, 5) is 0. The lowest BCUT2D eigenvalue weighted by atomic mass is 9.66. The van der Waals surface area contributed by atoms with Gasteiger partial charge in [-0.2, -0.15) is 0 Å². The number of hydrogen-bond acceptors (Lipinski definition) is 0. The van der Waals surface area contributed by atoms with E-state index in [1.165, 1.54) is 128 Å². The third-order valence-corrected chi connectivity index (χ3v) is 9.41. The van der Waals surface area contributed by atoms with Gasteiger partial charge in [0.1, 0.15) is 0 Å². The highest BCUT2D eigenvalue weighted by Crippen LogP contribution is 2.43. The molecule has 0 fully saturated rings. The fourth-order valence-corrected chi connectivity index (χ4v) is 6.07. The second-order valence-electron chi connectivity index (χ2n) is 12.4. The Morgan fingerprint density at radius 1 is 0.485 bits per heavy atom. The van der Waals surface area contributed by atoms with E-state index in [9.17, 15) is 0 Å². The van der Waals surface area contributed by atoms with Gasteiger partial charge >= 0.3 is 0 Å². The first kappa shape index (κ1) is 33.0. The second kappa shape index (κ2) is 21.3. The molecule has 0 heterocycles. The average molecular weight is 465 g/mol. The predicted molar refractivity (Wildman–Crippen MR) is 154 cm³/mol. The zero-order valence-electron chi connectivity index (χ0n) is 25.0. The van der Waals surface area contributed by atoms with Crippen LogP contribution in [0.25, 0.3) is 0 Å². The maximum absolute atomic E-state index is 2.67. The maximum Gasteiger partial charge on any atom is -0.0298 e. The summed E-state index contributed by atoms with van der Waals surface area (Å²) < 4.78 is 0. The molecule has 0 radical (unpaired) electrons. The van der Waals surface area contributed by atoms with Gasteiger partial charge in [0.25, 0.3) is 0 Å². The van der Waals surface area contributed by atoms with Crippen molar-refractivity contribution in [1.82, 2.24) is 0 Å². The predicted octanol–water partition coefficient (Wildman–Crippen LogP) is 12.4. The summed E-state index contributed by atoms with van der Waals surface area (Å²) in [5, 5.41) is 0. The van der Waals surface area contributed by atoms with Crippen LogP contribution in [0.1, 0.15) is 184 Å². The van der Waals surface area contributed by atoms with E-state index < -0.39 is 0 Å². The van der Waals surface area contributed by atoms with Crippen molar-refractivity contribution in [2.75, 3.05) is 0 Å². The summed E-state index contributed by atoms with van der Waals surface area (Å²) in [6.45, 7) is 19.6. The van der Waals surface area contributed by atoms with Crippen molar-refractivity contribution in [2.24, 2.45) is 29.1 Å². The number of hydrogen-bond donors (Lipinski definition) is 0. The molecule has 0 heteroatoms. The van der Waals surface area contributed by atoms with Crippen molar-refractivity contribution >= 4 is 0 Å². The molecule has 0 aromatic carbocycles. The van der Waals surface area contributed by atoms with E-state index in [1.807, 2.05) is 0 Å². The van der Waals surface area contributed by atoms with Crippen LogP contribution in [0.15, 0.2) is 0 Å². The van der Waals surface area contributed by atoms with Gasteiger partial charge in [-0.1, -0.05) is 171 Å². The smallest absolute Gasteiger partial charge is 0.0298 e. The molecule has 0 amide bonds. The summed E-state index contributed by atoms with van der Waals surface area (Å²) in [5.74, 6) is 3.60. The van der Waals surface area contributed by atoms with Gasteiger partial charge in [-0.25, -0.2) is 0 Å². The normalized spacial score (nSPS) is 17.5. The molecule has 0 aliphatic heterocycles. The average Bonchev–Trinajstić information content (AvgIpc) is 2.82. The van der Waals surface area contributed by atoms with Crippen LogP contribution in [-0.4, -0.2) is 0 Å². The minimum atomic E-state index is 0.570. The maximum atomic E-state index is 2.67. The zero-order chi connectivity index (χ0) is 25.0. The number of unbranched alkanes of at least 4 members (excludes halogenated alkanes) is 10. The fourth-order valence-electron chi connectivity index (χ4n) is 6.07. The standard InChI is InChI=1S/C33H68/c1-9-13-14-15-16-17-18-19-20-21-22-27-33(8,32(12-4)23-10-2)28-26-29(5)24-25-31(7)30(6)11-3/h29-32H,9-28H2,1-8H3. The summed E-state index contributed by atoms with van der Waals surface area (Å²) in [6.07, 6.45) is 28.8. The van der Waals surface area contributed by atoms with Crippen LogP contribution >= 0.6 is 0 Å². The van der Waals surface area contributed by atoms with Gasteiger partial charge in [-0.3, -0.25) is 0 Å². The minimum Gasteiger partial charge on any atom is -0.0654 e. The first-order valence-electron chi connectivity index (χ1n) is 15.8. The molecular formula is C33H68. The van der Waals surface area contributed by atoms with Crippen molar-refractivity contribution in [2.45, 2.75) is 184 Å². The Morgan fingerprint density at radius 3 is 1.52 bits per heavy atom. The van der Waals surface area contributed by atoms with Crippen molar-refractivity contribution in [1.29, 1.82) is 0 Å². The van der Waals surface area contributed by atoms with E-state index in [-0.39, 0.29) is 0 Å². The third kappa shape index (κ3) is 16.3. The van der Waals surface area contributed by atoms with Crippen molar-refractivity contribution < 1.29 is 0 Å². The van der Waals surface area contributed by atoms with Crippen molar-refractivity contribution in [3.63, 3.8) is 0 Å². The van der Waals surface area contributed by atoms with Crippen LogP contribution in [0.4, 0.5) is 0 Å². The zero-order valence-corrected chi connectivity index (χ0v) is 25.0. The van der Waals surface area contributed by atoms with E-state index in [0.717, 1.165) is 23.7 Å². The van der Waals surface area contributed by atoms with Crippen LogP contribution < -0.4 is 0 Å². The van der Waals surface area contributed by atoms with E-state index in [2.05, 4.69) is 55.4 Å². The Bertz CT molecular complexity index is 399. The highest BCUT2D eigenvalue weighted by atomic mass is 14.4. The SMILES string of the molecule is CCCCCCCCCCCCCC(C)(CCC(C)CCC(C)C(C)CC)C(CC)CCC. The summed E-state index contributed by atoms with van der Waals surface area (Å²) >= 11 is 0. The van der Waals surface area contributed by atoms with Crippen molar-refractivity contribution in [3.05, 3.63) is 0 Å². The molecule has 0 aromatic rings. The van der Waals surface area contributed by atoms with E-state index in [0.29, 0.717) is 5.41 Å². The quantitative estimate of drug-likeness (QED) is 0.125. The highest BCUT2D eigenvalue weighted by Gasteiger charge is 2.32. The first-order chi connectivity index (χ1) is 15.8. The van der Waals surface area contributed by atoms with Gasteiger partial charge < -0.3 is 0 Å². The Hall–Kier alpha value is 0. The van der Waals surface area contributed by atoms with Crippen molar-refractivity contribution in [3.8, 4) is 0 Å². The highest BCUT2D eigenvalue weighted by molar-refractivity contribution is 4.83. The molecule has 33 heavy (non-hydrogen) atoms. The van der Waals surface area contributed by atoms with Crippen LogP contribution in [0.2, 0.25) is 0 Å². The van der Waals surface area contributed by atoms with Gasteiger partial charge in [0.2, 0.25) is 0 Å². The van der Waals surface area contributed by atoms with Gasteiger partial charge in [0.15, 0.2) is 0 Å². The van der Waals surface area contributed by atoms with Crippen LogP contribution in [0, 0.1) is 29.1 Å². The molecule has 0 aromatic heterocycles. The van der Waals surface area contributed by atoms with Crippen LogP contribution in [0.5, 0.6) is 0 Å². The molecule has 0 aliphatic rings. The fraction of sp³-hybridized carbons (Fsp3) is 1.00. The van der Waals surface area contributed by atoms with Crippen LogP contribution in [0.3, 0.4) is 0 Å². The van der Waals surface area contributed by atoms with E-state index in [1.54, 1.807) is 0 Å². The number of rotatable bonds is 24. The van der Waals surface area contributed by atoms with Gasteiger partial charge in [0.05, 0.1) is 0 Å². The molecule has 0 saturated carbocycles. The topological polar surface area (TPSA) is 0 Å². The Morgan fingerprint density at radius 2 is 1.03 bits per heavy atom. The minimum absolute atomic E-state index is 0.570. The molecule has 5 atom stereocenters. The molecule has 0 N–H and O–H groups in total. The lowest BCUT2D eigenvalue weighted by molar-refractivity contribution is 0.120. The molecule has 0 rings (SSSR count). The molecule has 0 aliphatic carbocycles. The third-order valence-electron chi connectivity index (χ3n) is 9.41. The Kier molecular flexibility index (Phi) is 21.3. The van der Waals surface area contributed by atoms with Gasteiger partial charge in [-0.15, -0.1) is 0 Å².